The SMILES string of the molecule is COC(=O)C(Br)CC(=O)NCC(=O)NCCNC(=O)C(N)CCN(C(=O)CO)C(c1cc(-c2cc(F)ccc2F)cn1Cc1ccccc1)C(C)(C)C. The van der Waals surface area contributed by atoms with E-state index < -0.39 is 70.2 Å². The Morgan fingerprint density at radius 2 is 1.66 bits per heavy atom. The molecule has 3 rings (SSSR count). The number of aliphatic hydroxyl groups is 1. The highest BCUT2D eigenvalue weighted by molar-refractivity contribution is 9.10. The summed E-state index contributed by atoms with van der Waals surface area (Å²) in [5, 5.41) is 17.6. The quantitative estimate of drug-likeness (QED) is 0.0739. The molecule has 0 aliphatic carbocycles. The minimum Gasteiger partial charge on any atom is -0.468 e. The predicted molar refractivity (Wildman–Crippen MR) is 197 cm³/mol. The van der Waals surface area contributed by atoms with Gasteiger partial charge in [-0.1, -0.05) is 67.0 Å². The van der Waals surface area contributed by atoms with Gasteiger partial charge in [-0.2, -0.15) is 0 Å². The second-order valence-corrected chi connectivity index (χ2v) is 14.5. The molecule has 6 N–H and O–H groups in total. The minimum absolute atomic E-state index is 0.00740. The highest BCUT2D eigenvalue weighted by Crippen LogP contribution is 2.41. The van der Waals surface area contributed by atoms with Crippen LogP contribution in [0.1, 0.15) is 50.9 Å². The number of ether oxygens (including phenoxy) is 1. The Hall–Kier alpha value is -4.67. The fraction of sp³-hybridized carbons (Fsp3) is 0.432. The Balaban J connectivity index is 1.71. The van der Waals surface area contributed by atoms with Crippen LogP contribution in [0.25, 0.3) is 11.1 Å². The van der Waals surface area contributed by atoms with Crippen molar-refractivity contribution in [2.24, 2.45) is 11.1 Å². The molecule has 3 atom stereocenters. The van der Waals surface area contributed by atoms with Crippen molar-refractivity contribution in [2.75, 3.05) is 39.9 Å². The number of nitrogens with two attached hydrogens (primary N) is 1. The lowest BCUT2D eigenvalue weighted by atomic mass is 9.82. The molecule has 1 aromatic heterocycles. The number of aliphatic hydroxyl groups excluding tert-OH is 1. The van der Waals surface area contributed by atoms with Gasteiger partial charge in [-0.15, -0.1) is 0 Å². The highest BCUT2D eigenvalue weighted by atomic mass is 79.9. The number of amides is 4. The van der Waals surface area contributed by atoms with E-state index in [1.54, 1.807) is 12.3 Å². The molecule has 53 heavy (non-hydrogen) atoms. The summed E-state index contributed by atoms with van der Waals surface area (Å²) in [6.45, 7) is 4.93. The maximum Gasteiger partial charge on any atom is 0.319 e. The van der Waals surface area contributed by atoms with Crippen LogP contribution in [0.15, 0.2) is 60.8 Å². The van der Waals surface area contributed by atoms with Crippen molar-refractivity contribution in [1.29, 1.82) is 0 Å². The third-order valence-corrected chi connectivity index (χ3v) is 8.96. The van der Waals surface area contributed by atoms with Crippen molar-refractivity contribution in [2.45, 2.75) is 57.1 Å². The second kappa shape index (κ2) is 20.0. The van der Waals surface area contributed by atoms with Crippen LogP contribution in [0.3, 0.4) is 0 Å². The van der Waals surface area contributed by atoms with Gasteiger partial charge < -0.3 is 41.0 Å². The van der Waals surface area contributed by atoms with Gasteiger partial charge in [0.1, 0.15) is 23.1 Å². The molecule has 0 spiro atoms. The molecule has 0 aliphatic rings. The molecule has 3 aromatic rings. The van der Waals surface area contributed by atoms with E-state index in [4.69, 9.17) is 5.73 Å². The van der Waals surface area contributed by atoms with Gasteiger partial charge in [0.15, 0.2) is 0 Å². The van der Waals surface area contributed by atoms with E-state index in [1.165, 1.54) is 12.0 Å². The zero-order valence-corrected chi connectivity index (χ0v) is 31.8. The molecule has 13 nitrogen and oxygen atoms in total. The first-order valence-electron chi connectivity index (χ1n) is 16.9. The molecule has 16 heteroatoms. The number of benzene rings is 2. The van der Waals surface area contributed by atoms with Crippen molar-refractivity contribution < 1.29 is 42.6 Å². The molecule has 1 heterocycles. The number of hydrogen-bond acceptors (Lipinski definition) is 8. The van der Waals surface area contributed by atoms with E-state index in [9.17, 15) is 37.9 Å². The van der Waals surface area contributed by atoms with Crippen molar-refractivity contribution >= 4 is 45.5 Å². The normalized spacial score (nSPS) is 13.0. The summed E-state index contributed by atoms with van der Waals surface area (Å²) in [7, 11) is 1.19. The summed E-state index contributed by atoms with van der Waals surface area (Å²) >= 11 is 3.03. The van der Waals surface area contributed by atoms with Crippen LogP contribution in [0.4, 0.5) is 8.78 Å². The number of aromatic nitrogens is 1. The van der Waals surface area contributed by atoms with Crippen LogP contribution in [0.5, 0.6) is 0 Å². The van der Waals surface area contributed by atoms with E-state index in [0.717, 1.165) is 23.8 Å². The Labute approximate surface area is 315 Å². The van der Waals surface area contributed by atoms with Crippen LogP contribution in [0, 0.1) is 17.0 Å². The molecular formula is C37H47BrF2N6O7. The topological polar surface area (TPSA) is 185 Å². The molecule has 0 aliphatic heterocycles. The summed E-state index contributed by atoms with van der Waals surface area (Å²) in [6.07, 6.45) is 1.49. The maximum absolute atomic E-state index is 15.0. The number of alkyl halides is 1. The molecule has 0 radical (unpaired) electrons. The average Bonchev–Trinajstić information content (AvgIpc) is 3.52. The van der Waals surface area contributed by atoms with Gasteiger partial charge in [0.05, 0.1) is 25.7 Å². The van der Waals surface area contributed by atoms with Crippen LogP contribution in [-0.2, 0) is 35.3 Å². The van der Waals surface area contributed by atoms with Crippen molar-refractivity contribution in [3.05, 3.63) is 83.7 Å². The maximum atomic E-state index is 15.0. The minimum atomic E-state index is -1.07. The number of carbonyl (C=O) groups is 5. The Bertz CT molecular complexity index is 1730. The fourth-order valence-corrected chi connectivity index (χ4v) is 6.20. The Morgan fingerprint density at radius 1 is 0.981 bits per heavy atom. The van der Waals surface area contributed by atoms with Gasteiger partial charge in [-0.3, -0.25) is 24.0 Å². The zero-order valence-electron chi connectivity index (χ0n) is 30.2. The fourth-order valence-electron chi connectivity index (χ4n) is 5.72. The first kappa shape index (κ1) is 42.7. The number of halogens is 3. The first-order valence-corrected chi connectivity index (χ1v) is 17.9. The lowest BCUT2D eigenvalue weighted by Gasteiger charge is -2.41. The number of esters is 1. The number of nitrogens with one attached hydrogen (secondary N) is 3. The number of rotatable bonds is 18. The summed E-state index contributed by atoms with van der Waals surface area (Å²) in [6, 6.07) is 12.6. The molecule has 0 bridgehead atoms. The van der Waals surface area contributed by atoms with Crippen LogP contribution in [0.2, 0.25) is 0 Å². The smallest absolute Gasteiger partial charge is 0.319 e. The standard InChI is InChI=1S/C37H47BrF2N6O7/c1-37(2,3)34(30-16-24(26-17-25(39)10-11-28(26)40)21-45(30)20-23-8-6-5-7-9-23)46(33(50)22-47)15-12-29(41)35(51)43-14-13-42-32(49)19-44-31(48)18-27(38)36(52)53-4/h5-11,16-17,21,27,29,34,47H,12-15,18-20,22,41H2,1-4H3,(H,42,49)(H,43,51)(H,44,48). The third kappa shape index (κ3) is 12.8. The second-order valence-electron chi connectivity index (χ2n) is 13.4. The number of carbonyl (C=O) groups excluding carboxylic acids is 5. The largest absolute Gasteiger partial charge is 0.468 e. The van der Waals surface area contributed by atoms with Crippen molar-refractivity contribution in [1.82, 2.24) is 25.4 Å². The molecule has 3 unspecified atom stereocenters. The van der Waals surface area contributed by atoms with Crippen molar-refractivity contribution in [3.8, 4) is 11.1 Å². The monoisotopic (exact) mass is 804 g/mol. The predicted octanol–water partition coefficient (Wildman–Crippen LogP) is 2.78. The number of hydrogen-bond donors (Lipinski definition) is 5. The third-order valence-electron chi connectivity index (χ3n) is 8.26. The van der Waals surface area contributed by atoms with Crippen LogP contribution < -0.4 is 21.7 Å². The van der Waals surface area contributed by atoms with Gasteiger partial charge in [-0.05, 0) is 41.7 Å². The molecule has 2 aromatic carbocycles. The molecule has 0 saturated heterocycles. The Kier molecular flexibility index (Phi) is 16.1. The van der Waals surface area contributed by atoms with Crippen LogP contribution >= 0.6 is 15.9 Å². The van der Waals surface area contributed by atoms with Gasteiger partial charge in [0.25, 0.3) is 0 Å². The Morgan fingerprint density at radius 3 is 2.30 bits per heavy atom. The van der Waals surface area contributed by atoms with Gasteiger partial charge >= 0.3 is 5.97 Å². The molecule has 4 amide bonds. The molecule has 0 saturated carbocycles. The highest BCUT2D eigenvalue weighted by Gasteiger charge is 2.37. The van der Waals surface area contributed by atoms with Gasteiger partial charge in [0, 0.05) is 55.6 Å². The van der Waals surface area contributed by atoms with E-state index in [-0.39, 0.29) is 44.6 Å². The van der Waals surface area contributed by atoms with E-state index >= 15 is 0 Å². The summed E-state index contributed by atoms with van der Waals surface area (Å²) in [4.78, 5) is 62.3. The lowest BCUT2D eigenvalue weighted by molar-refractivity contribution is -0.141. The summed E-state index contributed by atoms with van der Waals surface area (Å²) < 4.78 is 35.7. The number of nitrogens with zero attached hydrogens (tertiary/aromatic N) is 2. The number of methoxy groups -OCH3 is 1. The summed E-state index contributed by atoms with van der Waals surface area (Å²) in [5.41, 5.74) is 7.54. The van der Waals surface area contributed by atoms with Gasteiger partial charge in [0.2, 0.25) is 23.6 Å². The first-order chi connectivity index (χ1) is 25.0. The average molecular weight is 806 g/mol. The van der Waals surface area contributed by atoms with E-state index in [1.807, 2.05) is 55.7 Å². The lowest BCUT2D eigenvalue weighted by Crippen LogP contribution is -2.48. The molecule has 0 fully saturated rings. The van der Waals surface area contributed by atoms with Crippen molar-refractivity contribution in [3.63, 3.8) is 0 Å². The van der Waals surface area contributed by atoms with Crippen LogP contribution in [-0.4, -0.2) is 94.9 Å². The molecule has 288 valence electrons. The summed E-state index contributed by atoms with van der Waals surface area (Å²) in [5.74, 6) is -4.07. The zero-order chi connectivity index (χ0) is 39.3. The van der Waals surface area contributed by atoms with E-state index in [2.05, 4.69) is 36.6 Å². The van der Waals surface area contributed by atoms with E-state index in [0.29, 0.717) is 17.8 Å². The van der Waals surface area contributed by atoms with Gasteiger partial charge in [-0.25, -0.2) is 8.78 Å². The molecular weight excluding hydrogens is 758 g/mol.